The average molecular weight is 427 g/mol. The van der Waals surface area contributed by atoms with E-state index in [1.807, 2.05) is 30.3 Å². The van der Waals surface area contributed by atoms with E-state index in [1.165, 1.54) is 0 Å². The van der Waals surface area contributed by atoms with Gasteiger partial charge in [0.05, 0.1) is 11.5 Å². The number of amides is 3. The highest BCUT2D eigenvalue weighted by Gasteiger charge is 2.36. The van der Waals surface area contributed by atoms with Gasteiger partial charge in [-0.1, -0.05) is 58.0 Å². The van der Waals surface area contributed by atoms with Crippen LogP contribution in [0.3, 0.4) is 0 Å². The molecule has 31 heavy (non-hydrogen) atoms. The Kier molecular flexibility index (Phi) is 9.36. The maximum Gasteiger partial charge on any atom is 0.318 e. The highest BCUT2D eigenvalue weighted by molar-refractivity contribution is 5.87. The number of nitriles is 1. The number of nitrogens with zero attached hydrogens (tertiary/aromatic N) is 2. The number of urea groups is 1. The fraction of sp³-hybridized carbons (Fsp3) is 0.640. The largest absolute Gasteiger partial charge is 0.354 e. The maximum atomic E-state index is 12.7. The first-order valence-electron chi connectivity index (χ1n) is 11.6. The first-order valence-corrected chi connectivity index (χ1v) is 11.6. The molecule has 1 aromatic rings. The van der Waals surface area contributed by atoms with Crippen molar-refractivity contribution in [1.29, 1.82) is 5.26 Å². The first-order chi connectivity index (χ1) is 14.8. The van der Waals surface area contributed by atoms with Gasteiger partial charge in [-0.3, -0.25) is 4.79 Å². The van der Waals surface area contributed by atoms with Crippen LogP contribution in [0, 0.1) is 23.2 Å². The molecule has 0 spiro atoms. The van der Waals surface area contributed by atoms with Gasteiger partial charge < -0.3 is 15.5 Å². The van der Waals surface area contributed by atoms with Crippen LogP contribution in [-0.2, 0) is 10.2 Å². The molecule has 0 aromatic heterocycles. The number of hydrogen-bond acceptors (Lipinski definition) is 3. The third kappa shape index (κ3) is 6.46. The molecule has 2 atom stereocenters. The SMILES string of the molecule is CC(C)CCNC(=O)[C@H]1CCCN1C(=O)NCCCC(C#N)(c1ccccc1)C(C)C. The molecule has 0 aliphatic carbocycles. The zero-order valence-corrected chi connectivity index (χ0v) is 19.5. The average Bonchev–Trinajstić information content (AvgIpc) is 3.24. The summed E-state index contributed by atoms with van der Waals surface area (Å²) in [5.74, 6) is 0.638. The van der Waals surface area contributed by atoms with E-state index in [0.29, 0.717) is 44.8 Å². The van der Waals surface area contributed by atoms with E-state index < -0.39 is 5.41 Å². The van der Waals surface area contributed by atoms with E-state index in [1.54, 1.807) is 4.90 Å². The number of carbonyl (C=O) groups excluding carboxylic acids is 2. The molecule has 1 aliphatic rings. The van der Waals surface area contributed by atoms with Crippen molar-refractivity contribution in [2.45, 2.75) is 71.3 Å². The predicted octanol–water partition coefficient (Wildman–Crippen LogP) is 4.22. The van der Waals surface area contributed by atoms with E-state index in [-0.39, 0.29) is 23.9 Å². The lowest BCUT2D eigenvalue weighted by atomic mass is 9.70. The molecule has 1 unspecified atom stereocenters. The molecule has 1 fully saturated rings. The fourth-order valence-electron chi connectivity index (χ4n) is 4.30. The van der Waals surface area contributed by atoms with E-state index in [2.05, 4.69) is 44.4 Å². The molecule has 2 N–H and O–H groups in total. The summed E-state index contributed by atoms with van der Waals surface area (Å²) in [5, 5.41) is 15.9. The van der Waals surface area contributed by atoms with Gasteiger partial charge in [-0.2, -0.15) is 5.26 Å². The van der Waals surface area contributed by atoms with Crippen LogP contribution in [0.1, 0.15) is 65.4 Å². The number of rotatable bonds is 10. The van der Waals surface area contributed by atoms with Crippen molar-refractivity contribution in [1.82, 2.24) is 15.5 Å². The minimum atomic E-state index is -0.571. The Morgan fingerprint density at radius 2 is 1.87 bits per heavy atom. The fourth-order valence-corrected chi connectivity index (χ4v) is 4.30. The molecule has 6 heteroatoms. The minimum Gasteiger partial charge on any atom is -0.354 e. The maximum absolute atomic E-state index is 12.7. The second kappa shape index (κ2) is 11.7. The molecule has 1 saturated heterocycles. The van der Waals surface area contributed by atoms with Gasteiger partial charge in [0.15, 0.2) is 0 Å². The molecule has 2 rings (SSSR count). The van der Waals surface area contributed by atoms with Gasteiger partial charge in [0.1, 0.15) is 6.04 Å². The smallest absolute Gasteiger partial charge is 0.318 e. The molecule has 170 valence electrons. The van der Waals surface area contributed by atoms with Gasteiger partial charge in [0.25, 0.3) is 0 Å². The monoisotopic (exact) mass is 426 g/mol. The molecule has 0 saturated carbocycles. The van der Waals surface area contributed by atoms with Crippen molar-refractivity contribution in [3.8, 4) is 6.07 Å². The Bertz CT molecular complexity index is 757. The normalized spacial score (nSPS) is 18.0. The van der Waals surface area contributed by atoms with Gasteiger partial charge >= 0.3 is 6.03 Å². The minimum absolute atomic E-state index is 0.0549. The van der Waals surface area contributed by atoms with Crippen LogP contribution >= 0.6 is 0 Å². The second-order valence-corrected chi connectivity index (χ2v) is 9.26. The second-order valence-electron chi connectivity index (χ2n) is 9.26. The number of benzene rings is 1. The van der Waals surface area contributed by atoms with Crippen molar-refractivity contribution in [2.75, 3.05) is 19.6 Å². The van der Waals surface area contributed by atoms with Gasteiger partial charge in [0, 0.05) is 19.6 Å². The highest BCUT2D eigenvalue weighted by atomic mass is 16.2. The molecule has 1 aromatic carbocycles. The lowest BCUT2D eigenvalue weighted by molar-refractivity contribution is -0.124. The predicted molar refractivity (Wildman–Crippen MR) is 123 cm³/mol. The van der Waals surface area contributed by atoms with Crippen LogP contribution in [0.15, 0.2) is 30.3 Å². The Balaban J connectivity index is 1.87. The Hall–Kier alpha value is -2.55. The Morgan fingerprint density at radius 1 is 1.16 bits per heavy atom. The molecule has 6 nitrogen and oxygen atoms in total. The topological polar surface area (TPSA) is 85.2 Å². The van der Waals surface area contributed by atoms with Crippen LogP contribution in [-0.4, -0.2) is 42.5 Å². The van der Waals surface area contributed by atoms with Crippen molar-refractivity contribution in [3.05, 3.63) is 35.9 Å². The summed E-state index contributed by atoms with van der Waals surface area (Å²) in [5.41, 5.74) is 0.454. The van der Waals surface area contributed by atoms with Gasteiger partial charge in [-0.25, -0.2) is 4.79 Å². The molecular formula is C25H38N4O2. The van der Waals surface area contributed by atoms with Crippen LogP contribution in [0.4, 0.5) is 4.79 Å². The highest BCUT2D eigenvalue weighted by Crippen LogP contribution is 2.36. The molecule has 0 bridgehead atoms. The molecule has 3 amide bonds. The lowest BCUT2D eigenvalue weighted by Crippen LogP contribution is -2.50. The summed E-state index contributed by atoms with van der Waals surface area (Å²) in [7, 11) is 0. The third-order valence-electron chi connectivity index (χ3n) is 6.34. The standard InChI is InChI=1S/C25H38N4O2/c1-19(2)13-16-27-23(30)22-12-8-17-29(22)24(31)28-15-9-14-25(18-26,20(3)4)21-10-6-5-7-11-21/h5-7,10-11,19-20,22H,8-9,12-17H2,1-4H3,(H,27,30)(H,28,31)/t22-,25?/m1/s1. The van der Waals surface area contributed by atoms with Crippen molar-refractivity contribution in [3.63, 3.8) is 0 Å². The van der Waals surface area contributed by atoms with E-state index >= 15 is 0 Å². The number of carbonyl (C=O) groups is 2. The van der Waals surface area contributed by atoms with E-state index in [4.69, 9.17) is 0 Å². The van der Waals surface area contributed by atoms with Crippen molar-refractivity contribution >= 4 is 11.9 Å². The number of likely N-dealkylation sites (tertiary alicyclic amines) is 1. The van der Waals surface area contributed by atoms with Crippen LogP contribution in [0.5, 0.6) is 0 Å². The Morgan fingerprint density at radius 3 is 2.48 bits per heavy atom. The zero-order chi connectivity index (χ0) is 22.9. The number of hydrogen-bond donors (Lipinski definition) is 2. The quantitative estimate of drug-likeness (QED) is 0.549. The van der Waals surface area contributed by atoms with Crippen LogP contribution in [0.2, 0.25) is 0 Å². The molecule has 1 heterocycles. The zero-order valence-electron chi connectivity index (χ0n) is 19.5. The summed E-state index contributed by atoms with van der Waals surface area (Å²) in [6, 6.07) is 11.9. The van der Waals surface area contributed by atoms with E-state index in [0.717, 1.165) is 18.4 Å². The Labute approximate surface area is 187 Å². The van der Waals surface area contributed by atoms with Crippen LogP contribution < -0.4 is 10.6 Å². The van der Waals surface area contributed by atoms with Crippen molar-refractivity contribution < 1.29 is 9.59 Å². The summed E-state index contributed by atoms with van der Waals surface area (Å²) in [6.45, 7) is 10.1. The van der Waals surface area contributed by atoms with Gasteiger partial charge in [-0.05, 0) is 49.5 Å². The summed E-state index contributed by atoms with van der Waals surface area (Å²) in [4.78, 5) is 26.9. The van der Waals surface area contributed by atoms with Gasteiger partial charge in [0.2, 0.25) is 5.91 Å². The molecule has 0 radical (unpaired) electrons. The molecule has 1 aliphatic heterocycles. The third-order valence-corrected chi connectivity index (χ3v) is 6.34. The van der Waals surface area contributed by atoms with Gasteiger partial charge in [-0.15, -0.1) is 0 Å². The number of nitrogens with one attached hydrogen (secondary N) is 2. The summed E-state index contributed by atoms with van der Waals surface area (Å²) < 4.78 is 0. The first kappa shape index (κ1) is 24.7. The van der Waals surface area contributed by atoms with Crippen LogP contribution in [0.25, 0.3) is 0 Å². The van der Waals surface area contributed by atoms with E-state index in [9.17, 15) is 14.9 Å². The summed E-state index contributed by atoms with van der Waals surface area (Å²) in [6.07, 6.45) is 3.85. The lowest BCUT2D eigenvalue weighted by Gasteiger charge is -2.31. The van der Waals surface area contributed by atoms with Crippen molar-refractivity contribution in [2.24, 2.45) is 11.8 Å². The molecular weight excluding hydrogens is 388 g/mol. The summed E-state index contributed by atoms with van der Waals surface area (Å²) >= 11 is 0.